The van der Waals surface area contributed by atoms with Crippen LogP contribution < -0.4 is 4.90 Å². The molecule has 10 heteroatoms. The Kier molecular flexibility index (Phi) is 7.48. The van der Waals surface area contributed by atoms with Crippen molar-refractivity contribution in [2.45, 2.75) is 13.3 Å². The summed E-state index contributed by atoms with van der Waals surface area (Å²) in [6.07, 6.45) is 0.822. The fourth-order valence-corrected chi connectivity index (χ4v) is 4.47. The quantitative estimate of drug-likeness (QED) is 0.557. The van der Waals surface area contributed by atoms with Crippen LogP contribution in [0.2, 0.25) is 5.02 Å². The van der Waals surface area contributed by atoms with E-state index in [0.29, 0.717) is 27.9 Å². The van der Waals surface area contributed by atoms with Crippen molar-refractivity contribution in [2.75, 3.05) is 44.3 Å². The number of hydrogen-bond donors (Lipinski definition) is 0. The van der Waals surface area contributed by atoms with Crippen molar-refractivity contribution in [1.29, 1.82) is 0 Å². The summed E-state index contributed by atoms with van der Waals surface area (Å²) in [7, 11) is 0. The Balaban J connectivity index is 0.00000240. The van der Waals surface area contributed by atoms with Gasteiger partial charge in [-0.15, -0.1) is 12.4 Å². The predicted molar refractivity (Wildman–Crippen MR) is 117 cm³/mol. The van der Waals surface area contributed by atoms with Crippen LogP contribution in [0.5, 0.6) is 0 Å². The molecule has 1 fully saturated rings. The highest BCUT2D eigenvalue weighted by Gasteiger charge is 2.25. The summed E-state index contributed by atoms with van der Waals surface area (Å²) in [6, 6.07) is 7.30. The number of ether oxygens (including phenoxy) is 1. The molecule has 0 bridgehead atoms. The molecule has 1 aliphatic heterocycles. The number of para-hydroxylation sites is 1. The van der Waals surface area contributed by atoms with E-state index in [1.165, 1.54) is 11.3 Å². The van der Waals surface area contributed by atoms with Crippen molar-refractivity contribution >= 4 is 56.6 Å². The second-order valence-corrected chi connectivity index (χ2v) is 8.10. The second-order valence-electron chi connectivity index (χ2n) is 6.68. The highest BCUT2D eigenvalue weighted by molar-refractivity contribution is 7.22. The number of nitrogens with zero attached hydrogens (tertiary/aromatic N) is 4. The van der Waals surface area contributed by atoms with Crippen LogP contribution >= 0.6 is 35.3 Å². The van der Waals surface area contributed by atoms with Crippen LogP contribution in [-0.2, 0) is 4.74 Å². The summed E-state index contributed by atoms with van der Waals surface area (Å²) < 4.78 is 11.5. The number of aromatic nitrogens is 2. The molecule has 0 atom stereocenters. The lowest BCUT2D eigenvalue weighted by molar-refractivity contribution is 0.0376. The maximum Gasteiger partial charge on any atom is 0.298 e. The molecule has 1 aliphatic rings. The number of halogens is 2. The van der Waals surface area contributed by atoms with Crippen molar-refractivity contribution in [3.63, 3.8) is 0 Å². The van der Waals surface area contributed by atoms with Gasteiger partial charge in [0.25, 0.3) is 5.91 Å². The zero-order valence-corrected chi connectivity index (χ0v) is 18.4. The molecule has 3 aromatic rings. The molecule has 29 heavy (non-hydrogen) atoms. The fraction of sp³-hybridized carbons (Fsp3) is 0.421. The summed E-state index contributed by atoms with van der Waals surface area (Å²) in [6.45, 7) is 6.59. The lowest BCUT2D eigenvalue weighted by Gasteiger charge is -2.27. The maximum absolute atomic E-state index is 13.1. The molecule has 7 nitrogen and oxygen atoms in total. The van der Waals surface area contributed by atoms with E-state index in [1.54, 1.807) is 24.0 Å². The number of anilines is 1. The van der Waals surface area contributed by atoms with Gasteiger partial charge in [0.05, 0.1) is 28.6 Å². The van der Waals surface area contributed by atoms with Crippen LogP contribution in [0.15, 0.2) is 28.8 Å². The number of thiazole rings is 1. The van der Waals surface area contributed by atoms with Gasteiger partial charge in [0, 0.05) is 32.2 Å². The van der Waals surface area contributed by atoms with Crippen molar-refractivity contribution in [2.24, 2.45) is 0 Å². The van der Waals surface area contributed by atoms with Gasteiger partial charge in [-0.05, 0) is 25.5 Å². The lowest BCUT2D eigenvalue weighted by atomic mass is 10.3. The number of carbonyl (C=O) groups excluding carboxylic acids is 1. The smallest absolute Gasteiger partial charge is 0.298 e. The highest BCUT2D eigenvalue weighted by Crippen LogP contribution is 2.33. The van der Waals surface area contributed by atoms with Crippen LogP contribution in [0.3, 0.4) is 0 Å². The standard InChI is InChI=1S/C19H21ClN4O3S.ClH/c1-13-12-15(27-22-13)18(25)24(7-3-6-23-8-10-26-11-9-23)19-21-17-14(20)4-2-5-16(17)28-19;/h2,4-5,12H,3,6-11H2,1H3;1H. The number of benzene rings is 1. The van der Waals surface area contributed by atoms with E-state index < -0.39 is 0 Å². The molecule has 0 N–H and O–H groups in total. The predicted octanol–water partition coefficient (Wildman–Crippen LogP) is 4.04. The van der Waals surface area contributed by atoms with Crippen LogP contribution in [0.1, 0.15) is 22.7 Å². The van der Waals surface area contributed by atoms with E-state index in [1.807, 2.05) is 12.1 Å². The molecular weight excluding hydrogens is 435 g/mol. The normalized spacial score (nSPS) is 14.7. The first-order valence-corrected chi connectivity index (χ1v) is 10.4. The van der Waals surface area contributed by atoms with E-state index in [0.717, 1.165) is 44.0 Å². The molecule has 1 amide bonds. The third-order valence-electron chi connectivity index (χ3n) is 4.63. The molecule has 0 unspecified atom stereocenters. The summed E-state index contributed by atoms with van der Waals surface area (Å²) in [5.74, 6) is -0.0213. The van der Waals surface area contributed by atoms with Crippen LogP contribution in [0, 0.1) is 6.92 Å². The van der Waals surface area contributed by atoms with Gasteiger partial charge in [-0.2, -0.15) is 0 Å². The summed E-state index contributed by atoms with van der Waals surface area (Å²) >= 11 is 7.72. The minimum atomic E-state index is -0.238. The van der Waals surface area contributed by atoms with E-state index in [9.17, 15) is 4.79 Å². The monoisotopic (exact) mass is 456 g/mol. The third-order valence-corrected chi connectivity index (χ3v) is 5.98. The summed E-state index contributed by atoms with van der Waals surface area (Å²) in [4.78, 5) is 21.7. The Bertz CT molecular complexity index is 971. The number of fused-ring (bicyclic) bond motifs is 1. The molecule has 0 saturated carbocycles. The second kappa shape index (κ2) is 9.86. The van der Waals surface area contributed by atoms with Crippen molar-refractivity contribution < 1.29 is 14.1 Å². The van der Waals surface area contributed by atoms with Gasteiger partial charge in [0.2, 0.25) is 5.76 Å². The average Bonchev–Trinajstić information content (AvgIpc) is 3.33. The minimum absolute atomic E-state index is 0. The van der Waals surface area contributed by atoms with Crippen LogP contribution in [0.4, 0.5) is 5.13 Å². The van der Waals surface area contributed by atoms with Gasteiger partial charge >= 0.3 is 0 Å². The number of morpholine rings is 1. The zero-order chi connectivity index (χ0) is 19.5. The molecule has 1 aromatic carbocycles. The number of carbonyl (C=O) groups is 1. The Morgan fingerprint density at radius 2 is 2.14 bits per heavy atom. The highest BCUT2D eigenvalue weighted by atomic mass is 35.5. The summed E-state index contributed by atoms with van der Waals surface area (Å²) in [5, 5.41) is 5.04. The first-order chi connectivity index (χ1) is 13.6. The Hall–Kier alpha value is -1.71. The topological polar surface area (TPSA) is 71.7 Å². The van der Waals surface area contributed by atoms with Crippen molar-refractivity contribution in [3.05, 3.63) is 40.7 Å². The van der Waals surface area contributed by atoms with E-state index >= 15 is 0 Å². The van der Waals surface area contributed by atoms with Crippen LogP contribution in [-0.4, -0.2) is 60.3 Å². The van der Waals surface area contributed by atoms with Gasteiger partial charge in [-0.25, -0.2) is 4.98 Å². The molecule has 3 heterocycles. The van der Waals surface area contributed by atoms with Crippen molar-refractivity contribution in [1.82, 2.24) is 15.0 Å². The van der Waals surface area contributed by atoms with E-state index in [4.69, 9.17) is 20.9 Å². The lowest BCUT2D eigenvalue weighted by Crippen LogP contribution is -2.39. The average molecular weight is 457 g/mol. The third kappa shape index (κ3) is 5.07. The first kappa shape index (κ1) is 22.0. The van der Waals surface area contributed by atoms with Gasteiger partial charge in [0.15, 0.2) is 5.13 Å². The molecule has 0 radical (unpaired) electrons. The van der Waals surface area contributed by atoms with E-state index in [2.05, 4.69) is 15.0 Å². The molecular formula is C19H22Cl2N4O3S. The number of aryl methyl sites for hydroxylation is 1. The van der Waals surface area contributed by atoms with Crippen LogP contribution in [0.25, 0.3) is 10.2 Å². The molecule has 0 aliphatic carbocycles. The first-order valence-electron chi connectivity index (χ1n) is 9.22. The number of rotatable bonds is 6. The number of hydrogen-bond acceptors (Lipinski definition) is 7. The van der Waals surface area contributed by atoms with Gasteiger partial charge in [-0.3, -0.25) is 14.6 Å². The minimum Gasteiger partial charge on any atom is -0.379 e. The Morgan fingerprint density at radius 3 is 2.83 bits per heavy atom. The van der Waals surface area contributed by atoms with Gasteiger partial charge in [0.1, 0.15) is 5.52 Å². The Labute approximate surface area is 184 Å². The Morgan fingerprint density at radius 1 is 1.34 bits per heavy atom. The molecule has 0 spiro atoms. The van der Waals surface area contributed by atoms with E-state index in [-0.39, 0.29) is 24.1 Å². The number of amides is 1. The zero-order valence-electron chi connectivity index (χ0n) is 16.0. The maximum atomic E-state index is 13.1. The fourth-order valence-electron chi connectivity index (χ4n) is 3.18. The molecule has 2 aromatic heterocycles. The van der Waals surface area contributed by atoms with Gasteiger partial charge in [-0.1, -0.05) is 34.2 Å². The summed E-state index contributed by atoms with van der Waals surface area (Å²) in [5.41, 5.74) is 1.38. The van der Waals surface area contributed by atoms with Crippen molar-refractivity contribution in [3.8, 4) is 0 Å². The molecule has 1 saturated heterocycles. The largest absolute Gasteiger partial charge is 0.379 e. The molecule has 4 rings (SSSR count). The molecule has 156 valence electrons. The van der Waals surface area contributed by atoms with Gasteiger partial charge < -0.3 is 9.26 Å². The SMILES string of the molecule is Cc1cc(C(=O)N(CCCN2CCOCC2)c2nc3c(Cl)cccc3s2)on1.Cl.